The van der Waals surface area contributed by atoms with Crippen LogP contribution in [0.25, 0.3) is 11.1 Å². The standard InChI is InChI=1S/C24H20N2O4/c1-30-24(29)15-8-6-7-14(13-15)23(28)26-21(22(25)27)20-18-11-4-2-9-16(18)17-10-3-5-12-19(17)20/h2-13,20-21H,1H3,(H2,25,27)(H,26,28)/t21-/m1/s1. The second kappa shape index (κ2) is 7.83. The molecule has 2 amide bonds. The molecule has 4 rings (SSSR count). The molecule has 6 heteroatoms. The van der Waals surface area contributed by atoms with Gasteiger partial charge in [-0.3, -0.25) is 9.59 Å². The maximum absolute atomic E-state index is 12.9. The SMILES string of the molecule is COC(=O)c1cccc(C(=O)N[C@@H](C(N)=O)C2c3ccccc3-c3ccccc32)c1. The Morgan fingerprint density at radius 3 is 2.00 bits per heavy atom. The molecule has 0 saturated carbocycles. The molecule has 0 unspecified atom stereocenters. The monoisotopic (exact) mass is 400 g/mol. The Hall–Kier alpha value is -3.93. The van der Waals surface area contributed by atoms with E-state index in [0.717, 1.165) is 22.3 Å². The van der Waals surface area contributed by atoms with Gasteiger partial charge in [-0.15, -0.1) is 0 Å². The average molecular weight is 400 g/mol. The third-order valence-corrected chi connectivity index (χ3v) is 5.35. The highest BCUT2D eigenvalue weighted by Crippen LogP contribution is 2.46. The van der Waals surface area contributed by atoms with Crippen molar-refractivity contribution in [3.63, 3.8) is 0 Å². The van der Waals surface area contributed by atoms with E-state index in [-0.39, 0.29) is 11.1 Å². The van der Waals surface area contributed by atoms with E-state index < -0.39 is 29.7 Å². The summed E-state index contributed by atoms with van der Waals surface area (Å²) < 4.78 is 4.70. The first kappa shape index (κ1) is 19.4. The first-order valence-corrected chi connectivity index (χ1v) is 9.48. The predicted molar refractivity (Wildman–Crippen MR) is 112 cm³/mol. The molecule has 3 aromatic rings. The number of nitrogens with two attached hydrogens (primary N) is 1. The molecule has 1 aliphatic rings. The maximum Gasteiger partial charge on any atom is 0.337 e. The van der Waals surface area contributed by atoms with Crippen molar-refractivity contribution < 1.29 is 19.1 Å². The lowest BCUT2D eigenvalue weighted by molar-refractivity contribution is -0.120. The van der Waals surface area contributed by atoms with Crippen LogP contribution in [-0.4, -0.2) is 30.9 Å². The molecule has 0 saturated heterocycles. The molecular formula is C24H20N2O4. The summed E-state index contributed by atoms with van der Waals surface area (Å²) in [7, 11) is 1.27. The third kappa shape index (κ3) is 3.33. The van der Waals surface area contributed by atoms with E-state index in [4.69, 9.17) is 10.5 Å². The molecule has 0 heterocycles. The number of carbonyl (C=O) groups excluding carboxylic acids is 3. The fourth-order valence-corrected chi connectivity index (χ4v) is 4.00. The molecule has 1 aliphatic carbocycles. The highest BCUT2D eigenvalue weighted by molar-refractivity contribution is 6.00. The molecule has 0 aliphatic heterocycles. The Kier molecular flexibility index (Phi) is 5.06. The lowest BCUT2D eigenvalue weighted by Gasteiger charge is -2.24. The molecule has 0 radical (unpaired) electrons. The van der Waals surface area contributed by atoms with Crippen molar-refractivity contribution in [1.82, 2.24) is 5.32 Å². The van der Waals surface area contributed by atoms with Gasteiger partial charge in [0.25, 0.3) is 5.91 Å². The van der Waals surface area contributed by atoms with Crippen molar-refractivity contribution in [2.75, 3.05) is 7.11 Å². The van der Waals surface area contributed by atoms with Crippen molar-refractivity contribution in [3.8, 4) is 11.1 Å². The number of nitrogens with one attached hydrogen (secondary N) is 1. The van der Waals surface area contributed by atoms with Gasteiger partial charge in [0.15, 0.2) is 0 Å². The largest absolute Gasteiger partial charge is 0.465 e. The van der Waals surface area contributed by atoms with Crippen molar-refractivity contribution in [1.29, 1.82) is 0 Å². The second-order valence-corrected chi connectivity index (χ2v) is 7.08. The van der Waals surface area contributed by atoms with Gasteiger partial charge in [0.1, 0.15) is 6.04 Å². The number of fused-ring (bicyclic) bond motifs is 3. The highest BCUT2D eigenvalue weighted by Gasteiger charge is 2.38. The van der Waals surface area contributed by atoms with Crippen LogP contribution >= 0.6 is 0 Å². The van der Waals surface area contributed by atoms with Gasteiger partial charge in [-0.05, 0) is 40.5 Å². The van der Waals surface area contributed by atoms with E-state index in [1.807, 2.05) is 48.5 Å². The predicted octanol–water partition coefficient (Wildman–Crippen LogP) is 2.87. The van der Waals surface area contributed by atoms with Crippen LogP contribution in [0.1, 0.15) is 37.8 Å². The Morgan fingerprint density at radius 2 is 1.43 bits per heavy atom. The Balaban J connectivity index is 1.70. The van der Waals surface area contributed by atoms with Gasteiger partial charge in [-0.2, -0.15) is 0 Å². The molecule has 0 aromatic heterocycles. The van der Waals surface area contributed by atoms with Gasteiger partial charge < -0.3 is 15.8 Å². The normalized spacial score (nSPS) is 13.1. The van der Waals surface area contributed by atoms with Gasteiger partial charge in [0.05, 0.1) is 12.7 Å². The second-order valence-electron chi connectivity index (χ2n) is 7.08. The van der Waals surface area contributed by atoms with Crippen molar-refractivity contribution in [2.24, 2.45) is 5.73 Å². The molecule has 6 nitrogen and oxygen atoms in total. The molecule has 0 spiro atoms. The number of amides is 2. The molecule has 3 N–H and O–H groups in total. The maximum atomic E-state index is 12.9. The fourth-order valence-electron chi connectivity index (χ4n) is 4.00. The fraction of sp³-hybridized carbons (Fsp3) is 0.125. The summed E-state index contributed by atoms with van der Waals surface area (Å²) in [5.41, 5.74) is 10.1. The minimum Gasteiger partial charge on any atom is -0.465 e. The van der Waals surface area contributed by atoms with Crippen LogP contribution in [0.2, 0.25) is 0 Å². The van der Waals surface area contributed by atoms with E-state index >= 15 is 0 Å². The average Bonchev–Trinajstić information content (AvgIpc) is 3.11. The summed E-state index contributed by atoms with van der Waals surface area (Å²) in [5.74, 6) is -2.08. The molecule has 3 aromatic carbocycles. The van der Waals surface area contributed by atoms with E-state index in [2.05, 4.69) is 5.32 Å². The summed E-state index contributed by atoms with van der Waals surface area (Å²) in [6.45, 7) is 0. The Labute approximate surface area is 173 Å². The number of methoxy groups -OCH3 is 1. The van der Waals surface area contributed by atoms with Crippen LogP contribution in [0.5, 0.6) is 0 Å². The Morgan fingerprint density at radius 1 is 0.867 bits per heavy atom. The third-order valence-electron chi connectivity index (χ3n) is 5.35. The number of hydrogen-bond donors (Lipinski definition) is 2. The number of benzene rings is 3. The number of primary amides is 1. The first-order valence-electron chi connectivity index (χ1n) is 9.48. The number of esters is 1. The van der Waals surface area contributed by atoms with E-state index in [0.29, 0.717) is 0 Å². The smallest absolute Gasteiger partial charge is 0.337 e. The van der Waals surface area contributed by atoms with Crippen LogP contribution in [0.15, 0.2) is 72.8 Å². The van der Waals surface area contributed by atoms with Crippen LogP contribution in [0.3, 0.4) is 0 Å². The van der Waals surface area contributed by atoms with Crippen LogP contribution in [0.4, 0.5) is 0 Å². The minimum absolute atomic E-state index is 0.240. The zero-order valence-corrected chi connectivity index (χ0v) is 16.3. The summed E-state index contributed by atoms with van der Waals surface area (Å²) >= 11 is 0. The van der Waals surface area contributed by atoms with E-state index in [1.54, 1.807) is 18.2 Å². The van der Waals surface area contributed by atoms with Crippen molar-refractivity contribution >= 4 is 17.8 Å². The number of carbonyl (C=O) groups is 3. The molecule has 0 fully saturated rings. The Bertz CT molecular complexity index is 1110. The van der Waals surface area contributed by atoms with Gasteiger partial charge in [0, 0.05) is 11.5 Å². The van der Waals surface area contributed by atoms with Gasteiger partial charge >= 0.3 is 5.97 Å². The van der Waals surface area contributed by atoms with Crippen molar-refractivity contribution in [2.45, 2.75) is 12.0 Å². The number of hydrogen-bond acceptors (Lipinski definition) is 4. The summed E-state index contributed by atoms with van der Waals surface area (Å²) in [4.78, 5) is 37.1. The van der Waals surface area contributed by atoms with Crippen LogP contribution in [-0.2, 0) is 9.53 Å². The summed E-state index contributed by atoms with van der Waals surface area (Å²) in [6, 6.07) is 20.7. The van der Waals surface area contributed by atoms with Gasteiger partial charge in [-0.25, -0.2) is 4.79 Å². The lowest BCUT2D eigenvalue weighted by Crippen LogP contribution is -2.48. The van der Waals surface area contributed by atoms with E-state index in [9.17, 15) is 14.4 Å². The number of ether oxygens (including phenoxy) is 1. The molecule has 1 atom stereocenters. The molecular weight excluding hydrogens is 380 g/mol. The molecule has 150 valence electrons. The first-order chi connectivity index (χ1) is 14.5. The zero-order chi connectivity index (χ0) is 21.3. The van der Waals surface area contributed by atoms with Gasteiger partial charge in [-0.1, -0.05) is 54.6 Å². The van der Waals surface area contributed by atoms with Gasteiger partial charge in [0.2, 0.25) is 5.91 Å². The van der Waals surface area contributed by atoms with Crippen molar-refractivity contribution in [3.05, 3.63) is 95.1 Å². The molecule has 30 heavy (non-hydrogen) atoms. The lowest BCUT2D eigenvalue weighted by atomic mass is 9.88. The quantitative estimate of drug-likeness (QED) is 0.644. The zero-order valence-electron chi connectivity index (χ0n) is 16.3. The van der Waals surface area contributed by atoms with Crippen LogP contribution in [0, 0.1) is 0 Å². The topological polar surface area (TPSA) is 98.5 Å². The minimum atomic E-state index is -0.955. The summed E-state index contributed by atoms with van der Waals surface area (Å²) in [5, 5.41) is 2.78. The van der Waals surface area contributed by atoms with Crippen LogP contribution < -0.4 is 11.1 Å². The highest BCUT2D eigenvalue weighted by atomic mass is 16.5. The number of rotatable bonds is 5. The summed E-state index contributed by atoms with van der Waals surface area (Å²) in [6.07, 6.45) is 0. The molecule has 0 bridgehead atoms. The van der Waals surface area contributed by atoms with E-state index in [1.165, 1.54) is 13.2 Å².